The largest absolute Gasteiger partial charge is 0.478 e. The van der Waals surface area contributed by atoms with E-state index in [0.29, 0.717) is 13.2 Å². The van der Waals surface area contributed by atoms with Gasteiger partial charge >= 0.3 is 12.0 Å². The minimum atomic E-state index is -1.35. The van der Waals surface area contributed by atoms with E-state index in [1.165, 1.54) is 6.07 Å². The van der Waals surface area contributed by atoms with Gasteiger partial charge in [0.2, 0.25) is 0 Å². The Morgan fingerprint density at radius 2 is 2.19 bits per heavy atom. The molecule has 1 unspecified atom stereocenters. The first-order valence-corrected chi connectivity index (χ1v) is 6.59. The predicted octanol–water partition coefficient (Wildman–Crippen LogP) is 2.21. The zero-order chi connectivity index (χ0) is 15.5. The summed E-state index contributed by atoms with van der Waals surface area (Å²) in [6.07, 6.45) is 1.66. The zero-order valence-electron chi connectivity index (χ0n) is 11.6. The maximum atomic E-state index is 13.5. The summed E-state index contributed by atoms with van der Waals surface area (Å²) < 4.78 is 18.8. The fraction of sp³-hybridized carbons (Fsp3) is 0.429. The third-order valence-electron chi connectivity index (χ3n) is 3.31. The third kappa shape index (κ3) is 3.91. The standard InChI is InChI=1S/C14H17FN2O4/c1-14(5-2-6-21-8-14)17-13(20)16-9-3-4-10(12(18)19)11(15)7-9/h3-4,7H,2,5-6,8H2,1H3,(H,18,19)(H2,16,17,20). The van der Waals surface area contributed by atoms with Crippen LogP contribution in [0.4, 0.5) is 14.9 Å². The third-order valence-corrected chi connectivity index (χ3v) is 3.31. The van der Waals surface area contributed by atoms with Crippen LogP contribution in [0.5, 0.6) is 0 Å². The summed E-state index contributed by atoms with van der Waals surface area (Å²) in [6.45, 7) is 2.98. The van der Waals surface area contributed by atoms with Crippen molar-refractivity contribution in [3.05, 3.63) is 29.6 Å². The van der Waals surface area contributed by atoms with Gasteiger partial charge in [0.1, 0.15) is 5.82 Å². The van der Waals surface area contributed by atoms with E-state index >= 15 is 0 Å². The fourth-order valence-corrected chi connectivity index (χ4v) is 2.24. The van der Waals surface area contributed by atoms with Crippen LogP contribution >= 0.6 is 0 Å². The van der Waals surface area contributed by atoms with E-state index in [1.807, 2.05) is 6.92 Å². The number of hydrogen-bond acceptors (Lipinski definition) is 3. The molecule has 1 aromatic carbocycles. The lowest BCUT2D eigenvalue weighted by atomic mass is 9.95. The molecule has 21 heavy (non-hydrogen) atoms. The fourth-order valence-electron chi connectivity index (χ4n) is 2.24. The molecule has 0 spiro atoms. The molecule has 0 saturated carbocycles. The minimum Gasteiger partial charge on any atom is -0.478 e. The molecule has 0 radical (unpaired) electrons. The second-order valence-corrected chi connectivity index (χ2v) is 5.30. The number of amides is 2. The summed E-state index contributed by atoms with van der Waals surface area (Å²) >= 11 is 0. The van der Waals surface area contributed by atoms with Gasteiger partial charge in [0, 0.05) is 12.3 Å². The van der Waals surface area contributed by atoms with Gasteiger partial charge in [-0.1, -0.05) is 0 Å². The normalized spacial score (nSPS) is 21.6. The van der Waals surface area contributed by atoms with Crippen molar-refractivity contribution < 1.29 is 23.8 Å². The number of carboxylic acid groups (broad SMARTS) is 1. The monoisotopic (exact) mass is 296 g/mol. The Morgan fingerprint density at radius 1 is 1.43 bits per heavy atom. The molecule has 0 bridgehead atoms. The second-order valence-electron chi connectivity index (χ2n) is 5.30. The molecule has 2 amide bonds. The van der Waals surface area contributed by atoms with Crippen LogP contribution in [-0.2, 0) is 4.74 Å². The summed E-state index contributed by atoms with van der Waals surface area (Å²) in [4.78, 5) is 22.6. The average Bonchev–Trinajstić information content (AvgIpc) is 2.38. The Labute approximate surface area is 121 Å². The molecule has 1 fully saturated rings. The number of benzene rings is 1. The van der Waals surface area contributed by atoms with Crippen molar-refractivity contribution in [1.82, 2.24) is 5.32 Å². The Bertz CT molecular complexity index is 556. The van der Waals surface area contributed by atoms with Crippen LogP contribution < -0.4 is 10.6 Å². The number of ether oxygens (including phenoxy) is 1. The number of halogens is 1. The van der Waals surface area contributed by atoms with E-state index in [-0.39, 0.29) is 5.69 Å². The van der Waals surface area contributed by atoms with Gasteiger partial charge in [-0.3, -0.25) is 0 Å². The number of rotatable bonds is 3. The highest BCUT2D eigenvalue weighted by atomic mass is 19.1. The SMILES string of the molecule is CC1(NC(=O)Nc2ccc(C(=O)O)c(F)c2)CCCOC1. The quantitative estimate of drug-likeness (QED) is 0.798. The molecule has 1 atom stereocenters. The molecule has 2 rings (SSSR count). The lowest BCUT2D eigenvalue weighted by Crippen LogP contribution is -2.52. The van der Waals surface area contributed by atoms with Crippen LogP contribution in [0.1, 0.15) is 30.1 Å². The molecule has 6 nitrogen and oxygen atoms in total. The molecule has 1 aliphatic heterocycles. The van der Waals surface area contributed by atoms with Crippen LogP contribution in [0.3, 0.4) is 0 Å². The molecule has 1 saturated heterocycles. The number of anilines is 1. The number of carboxylic acids is 1. The van der Waals surface area contributed by atoms with E-state index < -0.39 is 28.9 Å². The molecular formula is C14H17FN2O4. The van der Waals surface area contributed by atoms with Crippen molar-refractivity contribution in [3.63, 3.8) is 0 Å². The van der Waals surface area contributed by atoms with Crippen LogP contribution in [-0.4, -0.2) is 35.9 Å². The van der Waals surface area contributed by atoms with Gasteiger partial charge in [-0.05, 0) is 38.0 Å². The first-order chi connectivity index (χ1) is 9.89. The van der Waals surface area contributed by atoms with E-state index in [2.05, 4.69) is 10.6 Å². The van der Waals surface area contributed by atoms with E-state index in [0.717, 1.165) is 25.0 Å². The minimum absolute atomic E-state index is 0.190. The lowest BCUT2D eigenvalue weighted by molar-refractivity contribution is 0.0342. The van der Waals surface area contributed by atoms with Crippen molar-refractivity contribution in [3.8, 4) is 0 Å². The molecular weight excluding hydrogens is 279 g/mol. The average molecular weight is 296 g/mol. The zero-order valence-corrected chi connectivity index (χ0v) is 11.6. The van der Waals surface area contributed by atoms with Gasteiger partial charge in [0.05, 0.1) is 17.7 Å². The molecule has 114 valence electrons. The van der Waals surface area contributed by atoms with Gasteiger partial charge in [-0.2, -0.15) is 0 Å². The molecule has 7 heteroatoms. The highest BCUT2D eigenvalue weighted by molar-refractivity contribution is 5.92. The maximum absolute atomic E-state index is 13.5. The highest BCUT2D eigenvalue weighted by Crippen LogP contribution is 2.19. The summed E-state index contributed by atoms with van der Waals surface area (Å²) in [7, 11) is 0. The van der Waals surface area contributed by atoms with Gasteiger partial charge in [-0.25, -0.2) is 14.0 Å². The van der Waals surface area contributed by atoms with Gasteiger partial charge in [0.25, 0.3) is 0 Å². The first-order valence-electron chi connectivity index (χ1n) is 6.59. The summed E-state index contributed by atoms with van der Waals surface area (Å²) in [5, 5.41) is 14.0. The Kier molecular flexibility index (Phi) is 4.42. The number of nitrogens with one attached hydrogen (secondary N) is 2. The van der Waals surface area contributed by atoms with Crippen LogP contribution in [0.25, 0.3) is 0 Å². The predicted molar refractivity (Wildman–Crippen MR) is 74.0 cm³/mol. The Hall–Kier alpha value is -2.15. The molecule has 1 heterocycles. The lowest BCUT2D eigenvalue weighted by Gasteiger charge is -2.34. The van der Waals surface area contributed by atoms with E-state index in [9.17, 15) is 14.0 Å². The summed E-state index contributed by atoms with van der Waals surface area (Å²) in [6, 6.07) is 2.94. The van der Waals surface area contributed by atoms with E-state index in [4.69, 9.17) is 9.84 Å². The Morgan fingerprint density at radius 3 is 2.76 bits per heavy atom. The van der Waals surface area contributed by atoms with Crippen molar-refractivity contribution in [2.24, 2.45) is 0 Å². The number of aromatic carboxylic acids is 1. The van der Waals surface area contributed by atoms with Crippen LogP contribution in [0, 0.1) is 5.82 Å². The molecule has 3 N–H and O–H groups in total. The number of urea groups is 1. The molecule has 0 aromatic heterocycles. The first kappa shape index (κ1) is 15.2. The van der Waals surface area contributed by atoms with Crippen LogP contribution in [0.15, 0.2) is 18.2 Å². The van der Waals surface area contributed by atoms with E-state index in [1.54, 1.807) is 0 Å². The van der Waals surface area contributed by atoms with Crippen molar-refractivity contribution in [2.45, 2.75) is 25.3 Å². The van der Waals surface area contributed by atoms with Gasteiger partial charge in [0.15, 0.2) is 0 Å². The number of carbonyl (C=O) groups is 2. The topological polar surface area (TPSA) is 87.7 Å². The summed E-state index contributed by atoms with van der Waals surface area (Å²) in [5.41, 5.74) is -0.703. The van der Waals surface area contributed by atoms with Crippen molar-refractivity contribution >= 4 is 17.7 Å². The second kappa shape index (κ2) is 6.09. The number of hydrogen-bond donors (Lipinski definition) is 3. The molecule has 1 aliphatic rings. The van der Waals surface area contributed by atoms with Gasteiger partial charge < -0.3 is 20.5 Å². The maximum Gasteiger partial charge on any atom is 0.338 e. The summed E-state index contributed by atoms with van der Waals surface area (Å²) in [5.74, 6) is -2.25. The Balaban J connectivity index is 1.99. The smallest absolute Gasteiger partial charge is 0.338 e. The van der Waals surface area contributed by atoms with Crippen molar-refractivity contribution in [1.29, 1.82) is 0 Å². The van der Waals surface area contributed by atoms with Crippen LogP contribution in [0.2, 0.25) is 0 Å². The highest BCUT2D eigenvalue weighted by Gasteiger charge is 2.29. The number of carbonyl (C=O) groups excluding carboxylic acids is 1. The molecule has 0 aliphatic carbocycles. The van der Waals surface area contributed by atoms with Crippen molar-refractivity contribution in [2.75, 3.05) is 18.5 Å². The molecule has 1 aromatic rings. The van der Waals surface area contributed by atoms with Gasteiger partial charge in [-0.15, -0.1) is 0 Å².